The number of carbonyl (C=O) groups excluding carboxylic acids is 1. The van der Waals surface area contributed by atoms with Gasteiger partial charge in [-0.2, -0.15) is 0 Å². The third-order valence-corrected chi connectivity index (χ3v) is 2.77. The third-order valence-electron chi connectivity index (χ3n) is 2.77. The minimum Gasteiger partial charge on any atom is -0.481 e. The molecule has 94 valence electrons. The van der Waals surface area contributed by atoms with E-state index in [0.717, 1.165) is 23.3 Å². The van der Waals surface area contributed by atoms with E-state index in [-0.39, 0.29) is 11.2 Å². The number of hydrogen-bond donors (Lipinski definition) is 0. The van der Waals surface area contributed by atoms with Crippen molar-refractivity contribution in [1.82, 2.24) is 0 Å². The van der Waals surface area contributed by atoms with Gasteiger partial charge in [-0.15, -0.1) is 0 Å². The smallest absolute Gasteiger partial charge is 0.163 e. The lowest BCUT2D eigenvalue weighted by molar-refractivity contribution is 0.0994. The number of aryl methyl sites for hydroxylation is 1. The number of rotatable bonds is 2. The quantitative estimate of drug-likeness (QED) is 0.744. The Balaban J connectivity index is 1.99. The van der Waals surface area contributed by atoms with Crippen molar-refractivity contribution in [2.75, 3.05) is 6.61 Å². The fourth-order valence-electron chi connectivity index (χ4n) is 1.94. The summed E-state index contributed by atoms with van der Waals surface area (Å²) in [5.41, 5.74) is 1.96. The molecule has 1 aromatic rings. The maximum absolute atomic E-state index is 11.5. The molecule has 1 aliphatic rings. The van der Waals surface area contributed by atoms with E-state index >= 15 is 0 Å². The summed E-state index contributed by atoms with van der Waals surface area (Å²) in [4.78, 5) is 11.5. The third kappa shape index (κ3) is 3.13. The average Bonchev–Trinajstić information content (AvgIpc) is 2.65. The lowest BCUT2D eigenvalue weighted by Gasteiger charge is -2.07. The van der Waals surface area contributed by atoms with E-state index in [2.05, 4.69) is 32.6 Å². The van der Waals surface area contributed by atoms with Crippen LogP contribution in [0.1, 0.15) is 43.1 Å². The first kappa shape index (κ1) is 12.7. The Hall–Kier alpha value is -1.75. The lowest BCUT2D eigenvalue weighted by atomic mass is 9.98. The predicted molar refractivity (Wildman–Crippen MR) is 71.8 cm³/mol. The van der Waals surface area contributed by atoms with Crippen LogP contribution in [0.3, 0.4) is 0 Å². The van der Waals surface area contributed by atoms with Crippen molar-refractivity contribution in [2.24, 2.45) is 5.41 Å². The highest BCUT2D eigenvalue weighted by Crippen LogP contribution is 2.26. The molecule has 0 heterocycles. The Bertz CT molecular complexity index is 524. The van der Waals surface area contributed by atoms with Gasteiger partial charge in [-0.3, -0.25) is 4.79 Å². The van der Waals surface area contributed by atoms with Gasteiger partial charge in [0.05, 0.1) is 0 Å². The minimum absolute atomic E-state index is 0.00765. The molecule has 0 aromatic heterocycles. The number of benzene rings is 1. The summed E-state index contributed by atoms with van der Waals surface area (Å²) < 4.78 is 5.58. The van der Waals surface area contributed by atoms with Gasteiger partial charge in [0.2, 0.25) is 0 Å². The molecule has 0 aliphatic heterocycles. The van der Waals surface area contributed by atoms with Crippen LogP contribution >= 0.6 is 0 Å². The van der Waals surface area contributed by atoms with Crippen molar-refractivity contribution in [3.05, 3.63) is 29.3 Å². The molecule has 0 unspecified atom stereocenters. The van der Waals surface area contributed by atoms with Gasteiger partial charge in [0.1, 0.15) is 12.4 Å². The summed E-state index contributed by atoms with van der Waals surface area (Å²) in [6.07, 6.45) is 1.46. The van der Waals surface area contributed by atoms with Crippen molar-refractivity contribution in [1.29, 1.82) is 0 Å². The number of ether oxygens (including phenoxy) is 1. The van der Waals surface area contributed by atoms with Crippen LogP contribution in [0.4, 0.5) is 0 Å². The number of fused-ring (bicyclic) bond motifs is 1. The standard InChI is InChI=1S/C16H18O2/c1-16(2,3)9-4-10-18-13-6-7-14-12(11-13)5-8-15(14)17/h6-7,11H,5,8,10H2,1-3H3. The van der Waals surface area contributed by atoms with Crippen LogP contribution in [0, 0.1) is 17.3 Å². The zero-order valence-electron chi connectivity index (χ0n) is 11.2. The van der Waals surface area contributed by atoms with Crippen molar-refractivity contribution in [2.45, 2.75) is 33.6 Å². The second-order valence-electron chi connectivity index (χ2n) is 5.58. The maximum atomic E-state index is 11.5. The molecule has 0 N–H and O–H groups in total. The van der Waals surface area contributed by atoms with Gasteiger partial charge in [0, 0.05) is 17.4 Å². The molecule has 2 heteroatoms. The maximum Gasteiger partial charge on any atom is 0.163 e. The van der Waals surface area contributed by atoms with Gasteiger partial charge in [-0.05, 0) is 51.0 Å². The molecule has 0 saturated heterocycles. The number of hydrogen-bond acceptors (Lipinski definition) is 2. The fraction of sp³-hybridized carbons (Fsp3) is 0.438. The molecule has 0 saturated carbocycles. The second kappa shape index (κ2) is 4.86. The number of carbonyl (C=O) groups is 1. The van der Waals surface area contributed by atoms with E-state index in [1.807, 2.05) is 18.2 Å². The summed E-state index contributed by atoms with van der Waals surface area (Å²) in [5, 5.41) is 0. The van der Waals surface area contributed by atoms with Crippen molar-refractivity contribution in [3.8, 4) is 17.6 Å². The zero-order chi connectivity index (χ0) is 13.2. The molecule has 0 bridgehead atoms. The van der Waals surface area contributed by atoms with Crippen LogP contribution in [-0.2, 0) is 6.42 Å². The number of Topliss-reactive ketones (excluding diaryl/α,β-unsaturated/α-hetero) is 1. The van der Waals surface area contributed by atoms with Crippen LogP contribution in [0.15, 0.2) is 18.2 Å². The molecule has 0 amide bonds. The first-order chi connectivity index (χ1) is 8.46. The molecular formula is C16H18O2. The first-order valence-electron chi connectivity index (χ1n) is 6.25. The summed E-state index contributed by atoms with van der Waals surface area (Å²) in [6, 6.07) is 5.66. The van der Waals surface area contributed by atoms with Crippen LogP contribution in [-0.4, -0.2) is 12.4 Å². The Labute approximate surface area is 108 Å². The predicted octanol–water partition coefficient (Wildman–Crippen LogP) is 3.24. The minimum atomic E-state index is 0.00765. The normalized spacial score (nSPS) is 13.8. The monoisotopic (exact) mass is 242 g/mol. The van der Waals surface area contributed by atoms with E-state index in [9.17, 15) is 4.79 Å². The fourth-order valence-corrected chi connectivity index (χ4v) is 1.94. The van der Waals surface area contributed by atoms with E-state index in [1.165, 1.54) is 0 Å². The highest BCUT2D eigenvalue weighted by molar-refractivity contribution is 6.00. The molecule has 1 aliphatic carbocycles. The summed E-state index contributed by atoms with van der Waals surface area (Å²) in [6.45, 7) is 6.60. The van der Waals surface area contributed by atoms with Crippen LogP contribution in [0.5, 0.6) is 5.75 Å². The Morgan fingerprint density at radius 1 is 1.28 bits per heavy atom. The van der Waals surface area contributed by atoms with E-state index in [1.54, 1.807) is 0 Å². The lowest BCUT2D eigenvalue weighted by Crippen LogP contribution is -2.02. The molecule has 0 atom stereocenters. The van der Waals surface area contributed by atoms with E-state index in [0.29, 0.717) is 13.0 Å². The molecule has 2 rings (SSSR count). The molecule has 0 spiro atoms. The van der Waals surface area contributed by atoms with Crippen molar-refractivity contribution >= 4 is 5.78 Å². The Morgan fingerprint density at radius 2 is 2.06 bits per heavy atom. The van der Waals surface area contributed by atoms with Gasteiger partial charge in [-0.25, -0.2) is 0 Å². The van der Waals surface area contributed by atoms with Gasteiger partial charge < -0.3 is 4.74 Å². The largest absolute Gasteiger partial charge is 0.481 e. The number of ketones is 1. The molecular weight excluding hydrogens is 224 g/mol. The molecule has 18 heavy (non-hydrogen) atoms. The second-order valence-corrected chi connectivity index (χ2v) is 5.58. The highest BCUT2D eigenvalue weighted by atomic mass is 16.5. The SMILES string of the molecule is CC(C)(C)C#CCOc1ccc2c(c1)CCC2=O. The summed E-state index contributed by atoms with van der Waals surface area (Å²) in [5.74, 6) is 7.17. The van der Waals surface area contributed by atoms with Gasteiger partial charge in [-0.1, -0.05) is 11.8 Å². The van der Waals surface area contributed by atoms with Crippen LogP contribution in [0.2, 0.25) is 0 Å². The molecule has 2 nitrogen and oxygen atoms in total. The van der Waals surface area contributed by atoms with Crippen molar-refractivity contribution < 1.29 is 9.53 Å². The first-order valence-corrected chi connectivity index (χ1v) is 6.25. The molecule has 1 aromatic carbocycles. The molecule has 0 fully saturated rings. The van der Waals surface area contributed by atoms with E-state index < -0.39 is 0 Å². The molecule has 0 radical (unpaired) electrons. The average molecular weight is 242 g/mol. The van der Waals surface area contributed by atoms with E-state index in [4.69, 9.17) is 4.74 Å². The Kier molecular flexibility index (Phi) is 3.43. The van der Waals surface area contributed by atoms with Crippen LogP contribution in [0.25, 0.3) is 0 Å². The highest BCUT2D eigenvalue weighted by Gasteiger charge is 2.19. The summed E-state index contributed by atoms with van der Waals surface area (Å²) in [7, 11) is 0. The van der Waals surface area contributed by atoms with Gasteiger partial charge >= 0.3 is 0 Å². The van der Waals surface area contributed by atoms with Crippen molar-refractivity contribution in [3.63, 3.8) is 0 Å². The van der Waals surface area contributed by atoms with Gasteiger partial charge in [0.15, 0.2) is 5.78 Å². The zero-order valence-corrected chi connectivity index (χ0v) is 11.2. The topological polar surface area (TPSA) is 26.3 Å². The van der Waals surface area contributed by atoms with Crippen LogP contribution < -0.4 is 4.74 Å². The Morgan fingerprint density at radius 3 is 2.78 bits per heavy atom. The summed E-state index contributed by atoms with van der Waals surface area (Å²) >= 11 is 0. The van der Waals surface area contributed by atoms with Gasteiger partial charge in [0.25, 0.3) is 0 Å².